The number of hydrogen-bond donors (Lipinski definition) is 0. The van der Waals surface area contributed by atoms with Crippen molar-refractivity contribution in [1.29, 1.82) is 0 Å². The zero-order valence-electron chi connectivity index (χ0n) is 15.2. The molecule has 1 unspecified atom stereocenters. The Bertz CT molecular complexity index is 1550. The molecule has 0 N–H and O–H groups in total. The van der Waals surface area contributed by atoms with Gasteiger partial charge in [-0.25, -0.2) is 0 Å². The molecule has 0 saturated carbocycles. The number of benzene rings is 3. The smallest absolute Gasteiger partial charge is 0.126 e. The van der Waals surface area contributed by atoms with Crippen molar-refractivity contribution in [1.82, 2.24) is 0 Å². The fourth-order valence-electron chi connectivity index (χ4n) is 6.22. The van der Waals surface area contributed by atoms with Crippen LogP contribution in [0.1, 0.15) is 22.3 Å². The van der Waals surface area contributed by atoms with Gasteiger partial charge < -0.3 is 0 Å². The van der Waals surface area contributed by atoms with Crippen LogP contribution in [0, 0.1) is 0 Å². The van der Waals surface area contributed by atoms with Crippen LogP contribution >= 0.6 is 0 Å². The van der Waals surface area contributed by atoms with Gasteiger partial charge >= 0.3 is 5.66 Å². The van der Waals surface area contributed by atoms with E-state index >= 15 is 0 Å². The molecule has 3 aliphatic rings. The summed E-state index contributed by atoms with van der Waals surface area (Å²) >= 11 is 0. The SMILES string of the molecule is c1cc2c3c(c1)-c1cccc[n+]1C31c3c(ccc4ccc5ccc[n+]1c5c34)C2. The summed E-state index contributed by atoms with van der Waals surface area (Å²) in [7, 11) is 0. The minimum absolute atomic E-state index is 0.307. The van der Waals surface area contributed by atoms with Crippen molar-refractivity contribution in [3.8, 4) is 11.3 Å². The molecule has 1 atom stereocenters. The molecule has 2 nitrogen and oxygen atoms in total. The van der Waals surface area contributed by atoms with Gasteiger partial charge in [0.05, 0.1) is 10.9 Å². The van der Waals surface area contributed by atoms with Crippen molar-refractivity contribution >= 4 is 21.7 Å². The van der Waals surface area contributed by atoms with E-state index in [1.54, 1.807) is 0 Å². The van der Waals surface area contributed by atoms with E-state index in [9.17, 15) is 0 Å². The first kappa shape index (κ1) is 13.6. The molecule has 128 valence electrons. The van der Waals surface area contributed by atoms with Gasteiger partial charge in [-0.3, -0.25) is 0 Å². The molecule has 2 aliphatic heterocycles. The van der Waals surface area contributed by atoms with Crippen LogP contribution in [0.15, 0.2) is 85.2 Å². The summed E-state index contributed by atoms with van der Waals surface area (Å²) in [6.45, 7) is 0. The Morgan fingerprint density at radius 1 is 0.643 bits per heavy atom. The highest BCUT2D eigenvalue weighted by atomic mass is 15.3. The molecule has 28 heavy (non-hydrogen) atoms. The predicted molar refractivity (Wildman–Crippen MR) is 108 cm³/mol. The van der Waals surface area contributed by atoms with E-state index in [4.69, 9.17) is 0 Å². The minimum atomic E-state index is -0.307. The highest BCUT2D eigenvalue weighted by Crippen LogP contribution is 2.52. The van der Waals surface area contributed by atoms with Crippen molar-refractivity contribution in [3.63, 3.8) is 0 Å². The molecule has 0 fully saturated rings. The molecule has 3 aromatic carbocycles. The Morgan fingerprint density at radius 3 is 2.50 bits per heavy atom. The highest BCUT2D eigenvalue weighted by molar-refractivity contribution is 6.08. The van der Waals surface area contributed by atoms with Crippen LogP contribution < -0.4 is 9.13 Å². The maximum absolute atomic E-state index is 2.54. The number of hydrogen-bond acceptors (Lipinski definition) is 0. The van der Waals surface area contributed by atoms with E-state index < -0.39 is 0 Å². The molecule has 4 heterocycles. The normalized spacial score (nSPS) is 19.4. The predicted octanol–water partition coefficient (Wildman–Crippen LogP) is 4.06. The molecule has 2 aromatic heterocycles. The standard InChI is InChI=1S/C26H16N2/c1-2-13-27-21(8-1)20-7-3-5-18-15-19-12-10-16-9-11-17-6-4-14-28-25(17)22(16)24(19)26(27,28)23(18)20/h1-14H,15H2/q+2. The third kappa shape index (κ3) is 1.19. The van der Waals surface area contributed by atoms with Crippen LogP contribution in [0.5, 0.6) is 0 Å². The van der Waals surface area contributed by atoms with Gasteiger partial charge in [0.1, 0.15) is 11.1 Å². The molecule has 1 spiro atoms. The second kappa shape index (κ2) is 4.15. The second-order valence-corrected chi connectivity index (χ2v) is 8.22. The van der Waals surface area contributed by atoms with Gasteiger partial charge in [0.2, 0.25) is 11.2 Å². The minimum Gasteiger partial charge on any atom is -0.126 e. The van der Waals surface area contributed by atoms with Gasteiger partial charge in [-0.15, -0.1) is 9.13 Å². The van der Waals surface area contributed by atoms with Gasteiger partial charge in [0.15, 0.2) is 12.4 Å². The van der Waals surface area contributed by atoms with E-state index in [2.05, 4.69) is 94.3 Å². The van der Waals surface area contributed by atoms with Crippen molar-refractivity contribution < 1.29 is 9.13 Å². The third-order valence-corrected chi connectivity index (χ3v) is 7.09. The van der Waals surface area contributed by atoms with Crippen molar-refractivity contribution in [2.24, 2.45) is 0 Å². The Balaban J connectivity index is 1.76. The van der Waals surface area contributed by atoms with Crippen molar-refractivity contribution in [2.75, 3.05) is 0 Å². The van der Waals surface area contributed by atoms with Crippen molar-refractivity contribution in [2.45, 2.75) is 12.1 Å². The molecular weight excluding hydrogens is 340 g/mol. The van der Waals surface area contributed by atoms with Gasteiger partial charge in [0.25, 0.3) is 0 Å². The molecule has 2 heteroatoms. The first-order valence-corrected chi connectivity index (χ1v) is 9.93. The number of rotatable bonds is 0. The van der Waals surface area contributed by atoms with E-state index in [0.717, 1.165) is 6.42 Å². The van der Waals surface area contributed by atoms with Crippen LogP contribution in [0.3, 0.4) is 0 Å². The monoisotopic (exact) mass is 356 g/mol. The number of nitrogens with zero attached hydrogens (tertiary/aromatic N) is 2. The average molecular weight is 356 g/mol. The van der Waals surface area contributed by atoms with Crippen molar-refractivity contribution in [3.05, 3.63) is 107 Å². The fourth-order valence-corrected chi connectivity index (χ4v) is 6.22. The average Bonchev–Trinajstić information content (AvgIpc) is 3.24. The number of aromatic nitrogens is 2. The van der Waals surface area contributed by atoms with E-state index in [0.29, 0.717) is 0 Å². The maximum Gasteiger partial charge on any atom is 0.418 e. The molecule has 0 saturated heterocycles. The first-order valence-electron chi connectivity index (χ1n) is 9.93. The third-order valence-electron chi connectivity index (χ3n) is 7.09. The van der Waals surface area contributed by atoms with Crippen LogP contribution in [-0.2, 0) is 12.1 Å². The lowest BCUT2D eigenvalue weighted by molar-refractivity contribution is -0.950. The van der Waals surface area contributed by atoms with Gasteiger partial charge in [-0.2, -0.15) is 0 Å². The quantitative estimate of drug-likeness (QED) is 0.286. The summed E-state index contributed by atoms with van der Waals surface area (Å²) in [4.78, 5) is 0. The summed E-state index contributed by atoms with van der Waals surface area (Å²) in [5, 5.41) is 4.09. The van der Waals surface area contributed by atoms with E-state index in [-0.39, 0.29) is 5.66 Å². The molecule has 0 bridgehead atoms. The first-order chi connectivity index (χ1) is 13.9. The molecule has 1 aliphatic carbocycles. The number of pyridine rings is 2. The Kier molecular flexibility index (Phi) is 2.02. The maximum atomic E-state index is 2.54. The second-order valence-electron chi connectivity index (χ2n) is 8.22. The van der Waals surface area contributed by atoms with Crippen LogP contribution in [-0.4, -0.2) is 0 Å². The zero-order chi connectivity index (χ0) is 18.0. The lowest BCUT2D eigenvalue weighted by atomic mass is 9.76. The topological polar surface area (TPSA) is 7.76 Å². The van der Waals surface area contributed by atoms with Crippen LogP contribution in [0.25, 0.3) is 32.9 Å². The lowest BCUT2D eigenvalue weighted by Crippen LogP contribution is -2.72. The molecule has 5 aromatic rings. The fraction of sp³-hybridized carbons (Fsp3) is 0.0769. The Labute approximate surface area is 161 Å². The van der Waals surface area contributed by atoms with E-state index in [1.807, 2.05) is 0 Å². The molecule has 0 amide bonds. The molecular formula is C26H16N2+2. The lowest BCUT2D eigenvalue weighted by Gasteiger charge is -2.25. The summed E-state index contributed by atoms with van der Waals surface area (Å²) in [6, 6.07) is 27.1. The highest BCUT2D eigenvalue weighted by Gasteiger charge is 2.68. The van der Waals surface area contributed by atoms with Crippen LogP contribution in [0.2, 0.25) is 0 Å². The largest absolute Gasteiger partial charge is 0.418 e. The molecule has 8 rings (SSSR count). The summed E-state index contributed by atoms with van der Waals surface area (Å²) in [6.07, 6.45) is 5.56. The van der Waals surface area contributed by atoms with Gasteiger partial charge in [-0.1, -0.05) is 30.3 Å². The van der Waals surface area contributed by atoms with Crippen LogP contribution in [0.4, 0.5) is 0 Å². The summed E-state index contributed by atoms with van der Waals surface area (Å²) in [5.41, 5.74) is 9.59. The van der Waals surface area contributed by atoms with Gasteiger partial charge in [-0.05, 0) is 47.2 Å². The Hall–Kier alpha value is -3.52. The van der Waals surface area contributed by atoms with E-state index in [1.165, 1.54) is 55.2 Å². The Morgan fingerprint density at radius 2 is 1.50 bits per heavy atom. The summed E-state index contributed by atoms with van der Waals surface area (Å²) < 4.78 is 5.06. The summed E-state index contributed by atoms with van der Waals surface area (Å²) in [5.74, 6) is 0. The number of fused-ring (bicyclic) bond motifs is 2. The van der Waals surface area contributed by atoms with Gasteiger partial charge in [0, 0.05) is 23.6 Å². The zero-order valence-corrected chi connectivity index (χ0v) is 15.2. The molecule has 0 radical (unpaired) electrons.